The van der Waals surface area contributed by atoms with Crippen LogP contribution in [0.5, 0.6) is 0 Å². The lowest BCUT2D eigenvalue weighted by molar-refractivity contribution is 0.00578. The van der Waals surface area contributed by atoms with Crippen LogP contribution in [0.1, 0.15) is 55.4 Å². The van der Waals surface area contributed by atoms with E-state index in [9.17, 15) is 0 Å². The SMILES string of the molecule is CC1(C)OB(c2ccc3c(c2)oc2ccccc23)OC1(C)C.CC1(C)OB(c2ccc3c(c2)sc2ccccc23)OC1(C)C. The molecule has 0 saturated carbocycles. The number of benzene rings is 4. The predicted molar refractivity (Wildman–Crippen MR) is 184 cm³/mol. The second kappa shape index (κ2) is 10.2. The molecule has 6 aromatic rings. The summed E-state index contributed by atoms with van der Waals surface area (Å²) in [5.41, 5.74) is 2.60. The molecule has 0 radical (unpaired) electrons. The van der Waals surface area contributed by atoms with Crippen LogP contribution in [-0.2, 0) is 18.6 Å². The van der Waals surface area contributed by atoms with Crippen LogP contribution < -0.4 is 10.9 Å². The number of fused-ring (bicyclic) bond motifs is 6. The van der Waals surface area contributed by atoms with E-state index in [1.54, 1.807) is 0 Å². The molecule has 0 unspecified atom stereocenters. The molecule has 4 aromatic carbocycles. The van der Waals surface area contributed by atoms with E-state index in [2.05, 4.69) is 116 Å². The Morgan fingerprint density at radius 1 is 0.455 bits per heavy atom. The predicted octanol–water partition coefficient (Wildman–Crippen LogP) is 8.24. The summed E-state index contributed by atoms with van der Waals surface area (Å²) in [5.74, 6) is 0. The molecule has 2 saturated heterocycles. The van der Waals surface area contributed by atoms with Crippen molar-refractivity contribution in [3.8, 4) is 0 Å². The summed E-state index contributed by atoms with van der Waals surface area (Å²) in [6.45, 7) is 16.6. The summed E-state index contributed by atoms with van der Waals surface area (Å²) in [4.78, 5) is 0. The molecule has 8 rings (SSSR count). The van der Waals surface area contributed by atoms with Gasteiger partial charge in [-0.2, -0.15) is 0 Å². The molecule has 4 heterocycles. The standard InChI is InChI=1S/C18H19BO3.C18H19BO2S/c1-17(2)18(3,4)22-19(21-17)12-9-10-14-13-7-5-6-8-15(13)20-16(14)11-12;1-17(2)18(3,4)21-19(20-17)12-9-10-14-13-7-5-6-8-15(13)22-16(14)11-12/h2*5-11H,1-4H3. The third-order valence-electron chi connectivity index (χ3n) is 9.86. The Morgan fingerprint density at radius 3 is 1.52 bits per heavy atom. The monoisotopic (exact) mass is 604 g/mol. The summed E-state index contributed by atoms with van der Waals surface area (Å²) >= 11 is 1.82. The molecule has 224 valence electrons. The largest absolute Gasteiger partial charge is 0.494 e. The van der Waals surface area contributed by atoms with Crippen molar-refractivity contribution < 1.29 is 23.0 Å². The highest BCUT2D eigenvalue weighted by Crippen LogP contribution is 2.39. The Balaban J connectivity index is 0.000000142. The summed E-state index contributed by atoms with van der Waals surface area (Å²) in [7, 11) is -0.651. The average molecular weight is 604 g/mol. The first-order valence-corrected chi connectivity index (χ1v) is 16.1. The molecule has 0 atom stereocenters. The maximum absolute atomic E-state index is 6.16. The highest BCUT2D eigenvalue weighted by Gasteiger charge is 2.52. The molecular weight excluding hydrogens is 566 g/mol. The molecule has 44 heavy (non-hydrogen) atoms. The Labute approximate surface area is 263 Å². The lowest BCUT2D eigenvalue weighted by Crippen LogP contribution is -2.41. The van der Waals surface area contributed by atoms with Gasteiger partial charge in [-0.05, 0) is 90.6 Å². The van der Waals surface area contributed by atoms with Crippen molar-refractivity contribution in [3.05, 3.63) is 84.9 Å². The van der Waals surface area contributed by atoms with Gasteiger partial charge in [0.15, 0.2) is 0 Å². The zero-order valence-electron chi connectivity index (χ0n) is 26.7. The van der Waals surface area contributed by atoms with Gasteiger partial charge in [-0.15, -0.1) is 11.3 Å². The minimum Gasteiger partial charge on any atom is -0.456 e. The van der Waals surface area contributed by atoms with Crippen LogP contribution in [0.2, 0.25) is 0 Å². The lowest BCUT2D eigenvalue weighted by Gasteiger charge is -2.32. The van der Waals surface area contributed by atoms with Gasteiger partial charge in [-0.1, -0.05) is 60.7 Å². The normalized spacial score (nSPS) is 20.1. The Bertz CT molecular complexity index is 1840. The van der Waals surface area contributed by atoms with Crippen molar-refractivity contribution in [2.45, 2.75) is 77.8 Å². The van der Waals surface area contributed by atoms with Gasteiger partial charge in [0, 0.05) is 30.9 Å². The highest BCUT2D eigenvalue weighted by atomic mass is 32.1. The number of hydrogen-bond donors (Lipinski definition) is 0. The van der Waals surface area contributed by atoms with E-state index >= 15 is 0 Å². The van der Waals surface area contributed by atoms with E-state index in [1.807, 2.05) is 35.6 Å². The minimum atomic E-state index is -0.359. The smallest absolute Gasteiger partial charge is 0.456 e. The number of thiophene rings is 1. The molecule has 0 amide bonds. The maximum atomic E-state index is 6.16. The quantitative estimate of drug-likeness (QED) is 0.187. The van der Waals surface area contributed by atoms with Gasteiger partial charge in [-0.3, -0.25) is 0 Å². The molecule has 2 aliphatic rings. The zero-order valence-corrected chi connectivity index (χ0v) is 27.5. The number of rotatable bonds is 2. The van der Waals surface area contributed by atoms with Crippen molar-refractivity contribution in [1.82, 2.24) is 0 Å². The topological polar surface area (TPSA) is 50.1 Å². The fraction of sp³-hybridized carbons (Fsp3) is 0.333. The van der Waals surface area contributed by atoms with Gasteiger partial charge in [0.25, 0.3) is 0 Å². The van der Waals surface area contributed by atoms with Crippen LogP contribution in [0.15, 0.2) is 89.3 Å². The van der Waals surface area contributed by atoms with E-state index in [-0.39, 0.29) is 36.6 Å². The second-order valence-electron chi connectivity index (χ2n) is 13.9. The van der Waals surface area contributed by atoms with Crippen molar-refractivity contribution in [1.29, 1.82) is 0 Å². The Kier molecular flexibility index (Phi) is 6.85. The second-order valence-corrected chi connectivity index (χ2v) is 15.0. The van der Waals surface area contributed by atoms with Crippen LogP contribution >= 0.6 is 11.3 Å². The molecule has 2 fully saturated rings. The van der Waals surface area contributed by atoms with Gasteiger partial charge in [-0.25, -0.2) is 0 Å². The molecule has 2 aromatic heterocycles. The fourth-order valence-corrected chi connectivity index (χ4v) is 6.89. The van der Waals surface area contributed by atoms with Gasteiger partial charge < -0.3 is 23.0 Å². The molecule has 5 nitrogen and oxygen atoms in total. The van der Waals surface area contributed by atoms with Gasteiger partial charge >= 0.3 is 14.2 Å². The first-order chi connectivity index (χ1) is 20.7. The average Bonchev–Trinajstić information content (AvgIpc) is 3.65. The molecule has 0 spiro atoms. The van der Waals surface area contributed by atoms with Crippen molar-refractivity contribution >= 4 is 78.6 Å². The third-order valence-corrected chi connectivity index (χ3v) is 11.0. The Hall–Kier alpha value is -3.13. The van der Waals surface area contributed by atoms with Crippen LogP contribution in [0, 0.1) is 0 Å². The van der Waals surface area contributed by atoms with E-state index < -0.39 is 0 Å². The molecule has 0 bridgehead atoms. The maximum Gasteiger partial charge on any atom is 0.494 e. The number of hydrogen-bond acceptors (Lipinski definition) is 6. The molecule has 0 N–H and O–H groups in total. The van der Waals surface area contributed by atoms with Gasteiger partial charge in [0.1, 0.15) is 11.2 Å². The first-order valence-electron chi connectivity index (χ1n) is 15.3. The number of para-hydroxylation sites is 1. The van der Waals surface area contributed by atoms with Gasteiger partial charge in [0.05, 0.1) is 22.4 Å². The lowest BCUT2D eigenvalue weighted by atomic mass is 9.79. The summed E-state index contributed by atoms with van der Waals surface area (Å²) in [6, 6.07) is 29.3. The minimum absolute atomic E-state index is 0.292. The molecule has 0 aliphatic carbocycles. The van der Waals surface area contributed by atoms with E-state index in [0.29, 0.717) is 0 Å². The number of furan rings is 1. The van der Waals surface area contributed by atoms with E-state index in [1.165, 1.54) is 20.2 Å². The molecular formula is C36H38B2O5S. The summed E-state index contributed by atoms with van der Waals surface area (Å²) < 4.78 is 33.1. The van der Waals surface area contributed by atoms with Crippen LogP contribution in [0.3, 0.4) is 0 Å². The van der Waals surface area contributed by atoms with Crippen molar-refractivity contribution in [2.24, 2.45) is 0 Å². The van der Waals surface area contributed by atoms with Crippen LogP contribution in [-0.4, -0.2) is 36.6 Å². The van der Waals surface area contributed by atoms with Gasteiger partial charge in [0.2, 0.25) is 0 Å². The Morgan fingerprint density at radius 2 is 0.909 bits per heavy atom. The molecule has 2 aliphatic heterocycles. The third kappa shape index (κ3) is 4.88. The molecule has 8 heteroatoms. The van der Waals surface area contributed by atoms with Crippen molar-refractivity contribution in [2.75, 3.05) is 0 Å². The van der Waals surface area contributed by atoms with Crippen LogP contribution in [0.25, 0.3) is 42.1 Å². The van der Waals surface area contributed by atoms with E-state index in [4.69, 9.17) is 23.0 Å². The first kappa shape index (κ1) is 29.6. The summed E-state index contributed by atoms with van der Waals surface area (Å²) in [6.07, 6.45) is 0. The highest BCUT2D eigenvalue weighted by molar-refractivity contribution is 7.25. The van der Waals surface area contributed by atoms with Crippen molar-refractivity contribution in [3.63, 3.8) is 0 Å². The fourth-order valence-electron chi connectivity index (χ4n) is 5.74. The van der Waals surface area contributed by atoms with Crippen LogP contribution in [0.4, 0.5) is 0 Å². The van der Waals surface area contributed by atoms with E-state index in [0.717, 1.165) is 32.9 Å². The zero-order chi connectivity index (χ0) is 31.1. The summed E-state index contributed by atoms with van der Waals surface area (Å²) in [5, 5.41) is 4.89.